The van der Waals surface area contributed by atoms with Crippen LogP contribution in [0.5, 0.6) is 5.75 Å². The van der Waals surface area contributed by atoms with E-state index in [0.29, 0.717) is 6.61 Å². The molecule has 0 heterocycles. The maximum Gasteiger partial charge on any atom is 0.331 e. The van der Waals surface area contributed by atoms with Crippen LogP contribution in [0.3, 0.4) is 0 Å². The zero-order valence-corrected chi connectivity index (χ0v) is 15.0. The molecule has 1 N–H and O–H groups in total. The number of carbonyl (C=O) groups is 2. The Morgan fingerprint density at radius 2 is 1.88 bits per heavy atom. The largest absolute Gasteiger partial charge is 0.494 e. The summed E-state index contributed by atoms with van der Waals surface area (Å²) in [6.07, 6.45) is 7.72. The molecule has 0 bridgehead atoms. The van der Waals surface area contributed by atoms with Gasteiger partial charge in [-0.1, -0.05) is 31.4 Å². The standard InChI is InChI=1S/C20H27NO4/c1-3-24-18-12-9-16(10-13-18)11-14-19(22)25-15(2)20(23)21-17-7-5-4-6-8-17/h9-15,17H,3-8H2,1-2H3,(H,21,23)/b14-11+/t15-/m0/s1. The Kier molecular flexibility index (Phi) is 7.51. The molecule has 0 radical (unpaired) electrons. The number of benzene rings is 1. The Labute approximate surface area is 149 Å². The van der Waals surface area contributed by atoms with Crippen LogP contribution in [0.4, 0.5) is 0 Å². The van der Waals surface area contributed by atoms with Gasteiger partial charge >= 0.3 is 5.97 Å². The van der Waals surface area contributed by atoms with Crippen LogP contribution in [0.15, 0.2) is 30.3 Å². The number of nitrogens with one attached hydrogen (secondary N) is 1. The van der Waals surface area contributed by atoms with Gasteiger partial charge in [-0.15, -0.1) is 0 Å². The van der Waals surface area contributed by atoms with Crippen LogP contribution in [0.25, 0.3) is 6.08 Å². The summed E-state index contributed by atoms with van der Waals surface area (Å²) in [5.41, 5.74) is 0.861. The number of carbonyl (C=O) groups excluding carboxylic acids is 2. The Hall–Kier alpha value is -2.30. The van der Waals surface area contributed by atoms with Crippen molar-refractivity contribution in [3.05, 3.63) is 35.9 Å². The molecule has 0 unspecified atom stereocenters. The van der Waals surface area contributed by atoms with E-state index in [2.05, 4.69) is 5.32 Å². The molecule has 1 aromatic rings. The van der Waals surface area contributed by atoms with Crippen molar-refractivity contribution in [1.29, 1.82) is 0 Å². The van der Waals surface area contributed by atoms with Gasteiger partial charge in [-0.3, -0.25) is 4.79 Å². The van der Waals surface area contributed by atoms with Gasteiger partial charge in [0.25, 0.3) is 5.91 Å². The van der Waals surface area contributed by atoms with E-state index in [9.17, 15) is 9.59 Å². The summed E-state index contributed by atoms with van der Waals surface area (Å²) >= 11 is 0. The summed E-state index contributed by atoms with van der Waals surface area (Å²) in [6.45, 7) is 4.14. The third kappa shape index (κ3) is 6.61. The number of rotatable bonds is 7. The van der Waals surface area contributed by atoms with E-state index < -0.39 is 12.1 Å². The Bertz CT molecular complexity index is 588. The lowest BCUT2D eigenvalue weighted by molar-refractivity contribution is -0.150. The lowest BCUT2D eigenvalue weighted by atomic mass is 9.95. The monoisotopic (exact) mass is 345 g/mol. The average molecular weight is 345 g/mol. The molecule has 1 aliphatic rings. The van der Waals surface area contributed by atoms with E-state index >= 15 is 0 Å². The quantitative estimate of drug-likeness (QED) is 0.607. The Morgan fingerprint density at radius 3 is 2.52 bits per heavy atom. The molecular weight excluding hydrogens is 318 g/mol. The highest BCUT2D eigenvalue weighted by atomic mass is 16.5. The van der Waals surface area contributed by atoms with Crippen molar-refractivity contribution in [1.82, 2.24) is 5.32 Å². The first kappa shape index (κ1) is 19.0. The lowest BCUT2D eigenvalue weighted by Gasteiger charge is -2.24. The first-order valence-electron chi connectivity index (χ1n) is 9.00. The summed E-state index contributed by atoms with van der Waals surface area (Å²) in [7, 11) is 0. The van der Waals surface area contributed by atoms with E-state index in [-0.39, 0.29) is 11.9 Å². The van der Waals surface area contributed by atoms with Crippen molar-refractivity contribution in [2.45, 2.75) is 58.1 Å². The lowest BCUT2D eigenvalue weighted by Crippen LogP contribution is -2.42. The number of esters is 1. The van der Waals surface area contributed by atoms with Crippen LogP contribution in [0.2, 0.25) is 0 Å². The number of ether oxygens (including phenoxy) is 2. The van der Waals surface area contributed by atoms with Gasteiger partial charge in [-0.05, 0) is 50.5 Å². The summed E-state index contributed by atoms with van der Waals surface area (Å²) in [6, 6.07) is 7.60. The fourth-order valence-electron chi connectivity index (χ4n) is 2.84. The van der Waals surface area contributed by atoms with E-state index in [4.69, 9.17) is 9.47 Å². The summed E-state index contributed by atoms with van der Waals surface area (Å²) < 4.78 is 10.5. The van der Waals surface area contributed by atoms with Crippen LogP contribution in [0, 0.1) is 0 Å². The SMILES string of the molecule is CCOc1ccc(/C=C/C(=O)O[C@@H](C)C(=O)NC2CCCCC2)cc1. The molecular formula is C20H27NO4. The van der Waals surface area contributed by atoms with Gasteiger partial charge in [0.2, 0.25) is 0 Å². The minimum atomic E-state index is -0.792. The van der Waals surface area contributed by atoms with E-state index in [1.165, 1.54) is 12.5 Å². The highest BCUT2D eigenvalue weighted by Crippen LogP contribution is 2.17. The van der Waals surface area contributed by atoms with Gasteiger partial charge in [0.1, 0.15) is 5.75 Å². The van der Waals surface area contributed by atoms with Crippen molar-refractivity contribution in [3.8, 4) is 5.75 Å². The molecule has 0 saturated heterocycles. The number of amides is 1. The third-order valence-electron chi connectivity index (χ3n) is 4.22. The number of hydrogen-bond acceptors (Lipinski definition) is 4. The third-order valence-corrected chi connectivity index (χ3v) is 4.22. The zero-order valence-electron chi connectivity index (χ0n) is 15.0. The Morgan fingerprint density at radius 1 is 1.20 bits per heavy atom. The van der Waals surface area contributed by atoms with Crippen LogP contribution in [0.1, 0.15) is 51.5 Å². The van der Waals surface area contributed by atoms with Crippen molar-refractivity contribution in [2.75, 3.05) is 6.61 Å². The molecule has 1 fully saturated rings. The normalized spacial score (nSPS) is 16.4. The molecule has 0 aromatic heterocycles. The highest BCUT2D eigenvalue weighted by molar-refractivity contribution is 5.90. The molecule has 1 amide bonds. The minimum absolute atomic E-state index is 0.210. The van der Waals surface area contributed by atoms with Crippen LogP contribution in [-0.2, 0) is 14.3 Å². The van der Waals surface area contributed by atoms with Gasteiger partial charge in [-0.25, -0.2) is 4.79 Å². The maximum atomic E-state index is 12.1. The fourth-order valence-corrected chi connectivity index (χ4v) is 2.84. The second kappa shape index (κ2) is 9.87. The van der Waals surface area contributed by atoms with Gasteiger partial charge < -0.3 is 14.8 Å². The van der Waals surface area contributed by atoms with E-state index in [1.54, 1.807) is 13.0 Å². The van der Waals surface area contributed by atoms with Crippen molar-refractivity contribution in [2.24, 2.45) is 0 Å². The maximum absolute atomic E-state index is 12.1. The predicted octanol–water partition coefficient (Wildman–Crippen LogP) is 3.48. The average Bonchev–Trinajstić information content (AvgIpc) is 2.62. The van der Waals surface area contributed by atoms with Crippen molar-refractivity contribution < 1.29 is 19.1 Å². The fraction of sp³-hybridized carbons (Fsp3) is 0.500. The number of hydrogen-bond donors (Lipinski definition) is 1. The topological polar surface area (TPSA) is 64.6 Å². The van der Waals surface area contributed by atoms with Crippen LogP contribution >= 0.6 is 0 Å². The first-order chi connectivity index (χ1) is 12.1. The molecule has 25 heavy (non-hydrogen) atoms. The Balaban J connectivity index is 1.78. The molecule has 136 valence electrons. The van der Waals surface area contributed by atoms with E-state index in [1.807, 2.05) is 31.2 Å². The van der Waals surface area contributed by atoms with Crippen molar-refractivity contribution >= 4 is 18.0 Å². The zero-order chi connectivity index (χ0) is 18.1. The van der Waals surface area contributed by atoms with Crippen LogP contribution < -0.4 is 10.1 Å². The van der Waals surface area contributed by atoms with E-state index in [0.717, 1.165) is 37.0 Å². The van der Waals surface area contributed by atoms with Crippen LogP contribution in [-0.4, -0.2) is 30.6 Å². The second-order valence-electron chi connectivity index (χ2n) is 6.26. The molecule has 5 heteroatoms. The molecule has 0 aliphatic heterocycles. The molecule has 2 rings (SSSR count). The summed E-state index contributed by atoms with van der Waals surface area (Å²) in [5, 5.41) is 2.96. The summed E-state index contributed by atoms with van der Waals surface area (Å²) in [4.78, 5) is 24.0. The predicted molar refractivity (Wildman–Crippen MR) is 97.2 cm³/mol. The molecule has 5 nitrogen and oxygen atoms in total. The molecule has 0 spiro atoms. The first-order valence-corrected chi connectivity index (χ1v) is 9.00. The van der Waals surface area contributed by atoms with Gasteiger partial charge in [0.15, 0.2) is 6.10 Å². The molecule has 1 aliphatic carbocycles. The molecule has 1 saturated carbocycles. The van der Waals surface area contributed by atoms with Crippen molar-refractivity contribution in [3.63, 3.8) is 0 Å². The molecule has 1 atom stereocenters. The van der Waals surface area contributed by atoms with Gasteiger partial charge in [0.05, 0.1) is 6.61 Å². The summed E-state index contributed by atoms with van der Waals surface area (Å²) in [5.74, 6) is 0.0325. The van der Waals surface area contributed by atoms with Gasteiger partial charge in [-0.2, -0.15) is 0 Å². The minimum Gasteiger partial charge on any atom is -0.494 e. The second-order valence-corrected chi connectivity index (χ2v) is 6.26. The van der Waals surface area contributed by atoms with Gasteiger partial charge in [0, 0.05) is 12.1 Å². The smallest absolute Gasteiger partial charge is 0.331 e. The molecule has 1 aromatic carbocycles. The highest BCUT2D eigenvalue weighted by Gasteiger charge is 2.21.